The van der Waals surface area contributed by atoms with Crippen molar-refractivity contribution in [2.45, 2.75) is 9.79 Å². The lowest BCUT2D eigenvalue weighted by Crippen LogP contribution is -1.87. The van der Waals surface area contributed by atoms with E-state index in [-0.39, 0.29) is 0 Å². The predicted molar refractivity (Wildman–Crippen MR) is 111 cm³/mol. The molecule has 122 valence electrons. The monoisotopic (exact) mass is 371 g/mol. The standard InChI is InChI=1S/C18H17N3S3/c19-15-8-9-16(14-2-1-3-17(23)18(14)15)21-20-12-4-6-13(7-5-12)24-11-10-22/h1-9,22-23H,10-11,19H2/b21-20+. The Morgan fingerprint density at radius 2 is 1.75 bits per heavy atom. The average Bonchev–Trinajstić information content (AvgIpc) is 2.60. The molecule has 0 atom stereocenters. The molecule has 0 radical (unpaired) electrons. The van der Waals surface area contributed by atoms with E-state index >= 15 is 0 Å². The van der Waals surface area contributed by atoms with Gasteiger partial charge in [0.1, 0.15) is 0 Å². The van der Waals surface area contributed by atoms with Crippen molar-refractivity contribution in [3.63, 3.8) is 0 Å². The Kier molecular flexibility index (Phi) is 5.71. The minimum atomic E-state index is 0.695. The van der Waals surface area contributed by atoms with E-state index < -0.39 is 0 Å². The number of benzene rings is 3. The summed E-state index contributed by atoms with van der Waals surface area (Å²) in [5.41, 5.74) is 8.35. The van der Waals surface area contributed by atoms with Crippen molar-refractivity contribution in [2.75, 3.05) is 17.2 Å². The number of azo groups is 1. The maximum Gasteiger partial charge on any atom is 0.0937 e. The molecule has 0 aliphatic carbocycles. The second kappa shape index (κ2) is 7.96. The Hall–Kier alpha value is -1.63. The first-order valence-corrected chi connectivity index (χ1v) is 9.51. The third-order valence-electron chi connectivity index (χ3n) is 3.50. The van der Waals surface area contributed by atoms with E-state index in [0.717, 1.165) is 38.5 Å². The minimum absolute atomic E-state index is 0.695. The third kappa shape index (κ3) is 3.88. The fourth-order valence-corrected chi connectivity index (χ4v) is 3.64. The van der Waals surface area contributed by atoms with Gasteiger partial charge in [0.25, 0.3) is 0 Å². The Bertz CT molecular complexity index is 868. The summed E-state index contributed by atoms with van der Waals surface area (Å²) >= 11 is 10.5. The van der Waals surface area contributed by atoms with Crippen LogP contribution in [0.2, 0.25) is 0 Å². The van der Waals surface area contributed by atoms with E-state index in [1.807, 2.05) is 42.5 Å². The van der Waals surface area contributed by atoms with Crippen LogP contribution in [0.3, 0.4) is 0 Å². The van der Waals surface area contributed by atoms with Crippen molar-refractivity contribution in [2.24, 2.45) is 10.2 Å². The first-order valence-electron chi connectivity index (χ1n) is 7.44. The topological polar surface area (TPSA) is 50.7 Å². The summed E-state index contributed by atoms with van der Waals surface area (Å²) in [5, 5.41) is 10.6. The fraction of sp³-hybridized carbons (Fsp3) is 0.111. The first kappa shape index (κ1) is 17.2. The van der Waals surface area contributed by atoms with Gasteiger partial charge in [-0.05, 0) is 48.2 Å². The number of hydrogen-bond donors (Lipinski definition) is 3. The molecule has 6 heteroatoms. The van der Waals surface area contributed by atoms with Crippen LogP contribution >= 0.6 is 37.0 Å². The average molecular weight is 372 g/mol. The van der Waals surface area contributed by atoms with Crippen LogP contribution in [0.5, 0.6) is 0 Å². The van der Waals surface area contributed by atoms with Crippen molar-refractivity contribution in [1.29, 1.82) is 0 Å². The minimum Gasteiger partial charge on any atom is -0.398 e. The molecule has 0 saturated heterocycles. The van der Waals surface area contributed by atoms with Crippen LogP contribution in [-0.2, 0) is 0 Å². The molecule has 2 N–H and O–H groups in total. The summed E-state index contributed by atoms with van der Waals surface area (Å²) in [6.07, 6.45) is 0. The van der Waals surface area contributed by atoms with Crippen LogP contribution < -0.4 is 5.73 Å². The summed E-state index contributed by atoms with van der Waals surface area (Å²) < 4.78 is 0. The smallest absolute Gasteiger partial charge is 0.0937 e. The maximum absolute atomic E-state index is 6.06. The van der Waals surface area contributed by atoms with Gasteiger partial charge in [-0.1, -0.05) is 12.1 Å². The number of nitrogen functional groups attached to an aromatic ring is 1. The van der Waals surface area contributed by atoms with E-state index in [0.29, 0.717) is 5.69 Å². The normalized spacial score (nSPS) is 11.4. The molecular weight excluding hydrogens is 354 g/mol. The molecule has 0 spiro atoms. The SMILES string of the molecule is Nc1ccc(/N=N/c2ccc(SCCS)cc2)c2cccc(S)c12. The van der Waals surface area contributed by atoms with Crippen molar-refractivity contribution in [3.8, 4) is 0 Å². The van der Waals surface area contributed by atoms with Crippen LogP contribution in [0.4, 0.5) is 17.1 Å². The van der Waals surface area contributed by atoms with Gasteiger partial charge in [-0.2, -0.15) is 17.7 Å². The number of thioether (sulfide) groups is 1. The molecule has 24 heavy (non-hydrogen) atoms. The molecule has 3 aromatic rings. The summed E-state index contributed by atoms with van der Waals surface area (Å²) in [6.45, 7) is 0. The second-order valence-electron chi connectivity index (χ2n) is 5.14. The van der Waals surface area contributed by atoms with Gasteiger partial charge in [-0.3, -0.25) is 0 Å². The molecule has 0 unspecified atom stereocenters. The lowest BCUT2D eigenvalue weighted by Gasteiger charge is -2.07. The molecule has 0 aromatic heterocycles. The Morgan fingerprint density at radius 1 is 0.958 bits per heavy atom. The lowest BCUT2D eigenvalue weighted by atomic mass is 10.1. The van der Waals surface area contributed by atoms with Gasteiger partial charge in [-0.25, -0.2) is 0 Å². The highest BCUT2D eigenvalue weighted by Crippen LogP contribution is 2.35. The Balaban J connectivity index is 1.88. The zero-order chi connectivity index (χ0) is 16.9. The van der Waals surface area contributed by atoms with Crippen molar-refractivity contribution >= 4 is 64.9 Å². The molecule has 0 aliphatic rings. The number of fused-ring (bicyclic) bond motifs is 1. The van der Waals surface area contributed by atoms with Crippen LogP contribution in [0, 0.1) is 0 Å². The zero-order valence-electron chi connectivity index (χ0n) is 12.9. The Morgan fingerprint density at radius 3 is 2.50 bits per heavy atom. The quantitative estimate of drug-likeness (QED) is 0.218. The van der Waals surface area contributed by atoms with Gasteiger partial charge < -0.3 is 5.73 Å². The Labute approximate surface area is 156 Å². The fourth-order valence-electron chi connectivity index (χ4n) is 2.37. The highest BCUT2D eigenvalue weighted by atomic mass is 32.2. The van der Waals surface area contributed by atoms with E-state index in [1.54, 1.807) is 11.8 Å². The van der Waals surface area contributed by atoms with E-state index in [1.165, 1.54) is 4.90 Å². The molecule has 3 nitrogen and oxygen atoms in total. The van der Waals surface area contributed by atoms with Crippen molar-refractivity contribution < 1.29 is 0 Å². The number of thiol groups is 2. The van der Waals surface area contributed by atoms with E-state index in [4.69, 9.17) is 5.73 Å². The van der Waals surface area contributed by atoms with Crippen molar-refractivity contribution in [3.05, 3.63) is 54.6 Å². The molecule has 0 heterocycles. The third-order valence-corrected chi connectivity index (χ3v) is 5.41. The van der Waals surface area contributed by atoms with Gasteiger partial charge >= 0.3 is 0 Å². The number of rotatable bonds is 5. The predicted octanol–water partition coefficient (Wildman–Crippen LogP) is 6.15. The molecule has 3 aromatic carbocycles. The van der Waals surface area contributed by atoms with E-state index in [9.17, 15) is 0 Å². The molecule has 0 aliphatic heterocycles. The van der Waals surface area contributed by atoms with E-state index in [2.05, 4.69) is 47.6 Å². The van der Waals surface area contributed by atoms with Gasteiger partial charge in [0.2, 0.25) is 0 Å². The van der Waals surface area contributed by atoms with Crippen LogP contribution in [0.1, 0.15) is 0 Å². The van der Waals surface area contributed by atoms with Crippen LogP contribution in [0.25, 0.3) is 10.8 Å². The first-order chi connectivity index (χ1) is 11.7. The van der Waals surface area contributed by atoms with Crippen LogP contribution in [-0.4, -0.2) is 11.5 Å². The largest absolute Gasteiger partial charge is 0.398 e. The number of nitrogens with two attached hydrogens (primary N) is 1. The highest BCUT2D eigenvalue weighted by Gasteiger charge is 2.06. The summed E-state index contributed by atoms with van der Waals surface area (Å²) in [7, 11) is 0. The van der Waals surface area contributed by atoms with Gasteiger partial charge in [-0.15, -0.1) is 29.5 Å². The van der Waals surface area contributed by atoms with Crippen molar-refractivity contribution in [1.82, 2.24) is 0 Å². The van der Waals surface area contributed by atoms with Gasteiger partial charge in [0.05, 0.1) is 11.4 Å². The molecule has 3 rings (SSSR count). The summed E-state index contributed by atoms with van der Waals surface area (Å²) in [6, 6.07) is 17.6. The molecule has 0 amide bonds. The number of anilines is 1. The van der Waals surface area contributed by atoms with Gasteiger partial charge in [0, 0.05) is 32.0 Å². The zero-order valence-corrected chi connectivity index (χ0v) is 15.5. The molecule has 0 saturated carbocycles. The maximum atomic E-state index is 6.06. The lowest BCUT2D eigenvalue weighted by molar-refractivity contribution is 1.23. The summed E-state index contributed by atoms with van der Waals surface area (Å²) in [5.74, 6) is 1.86. The summed E-state index contributed by atoms with van der Waals surface area (Å²) in [4.78, 5) is 2.05. The molecule has 0 fully saturated rings. The second-order valence-corrected chi connectivity index (χ2v) is 7.24. The molecular formula is C18H17N3S3. The van der Waals surface area contributed by atoms with Crippen LogP contribution in [0.15, 0.2) is 74.6 Å². The number of hydrogen-bond acceptors (Lipinski definition) is 6. The highest BCUT2D eigenvalue weighted by molar-refractivity contribution is 8.00. The van der Waals surface area contributed by atoms with Gasteiger partial charge in [0.15, 0.2) is 0 Å². The number of nitrogens with zero attached hydrogens (tertiary/aromatic N) is 2. The molecule has 0 bridgehead atoms.